The van der Waals surface area contributed by atoms with Crippen LogP contribution in [0.2, 0.25) is 0 Å². The molecule has 0 aliphatic carbocycles. The Labute approximate surface area is 134 Å². The number of carbonyl (C=O) groups is 2. The molecule has 0 aliphatic heterocycles. The molecule has 23 heavy (non-hydrogen) atoms. The Morgan fingerprint density at radius 2 is 1.96 bits per heavy atom. The Morgan fingerprint density at radius 3 is 2.57 bits per heavy atom. The first-order valence-electron chi connectivity index (χ1n) is 7.00. The SMILES string of the molecule is COc1ccc(/C=C/C(=O)NCCOC(C)C(=O)O)cc1OC. The third kappa shape index (κ3) is 6.39. The molecule has 1 unspecified atom stereocenters. The van der Waals surface area contributed by atoms with Crippen molar-refractivity contribution in [2.75, 3.05) is 27.4 Å². The van der Waals surface area contributed by atoms with Gasteiger partial charge in [0.25, 0.3) is 0 Å². The van der Waals surface area contributed by atoms with E-state index in [1.54, 1.807) is 31.4 Å². The molecule has 7 heteroatoms. The molecule has 0 heterocycles. The van der Waals surface area contributed by atoms with Gasteiger partial charge in [0.15, 0.2) is 17.6 Å². The molecule has 0 saturated heterocycles. The van der Waals surface area contributed by atoms with Crippen molar-refractivity contribution in [3.05, 3.63) is 29.8 Å². The fourth-order valence-electron chi connectivity index (χ4n) is 1.67. The first-order valence-corrected chi connectivity index (χ1v) is 7.00. The largest absolute Gasteiger partial charge is 0.493 e. The van der Waals surface area contributed by atoms with E-state index >= 15 is 0 Å². The van der Waals surface area contributed by atoms with Gasteiger partial charge in [0.2, 0.25) is 5.91 Å². The molecular formula is C16H21NO6. The molecule has 1 aromatic rings. The van der Waals surface area contributed by atoms with Crippen LogP contribution in [-0.2, 0) is 14.3 Å². The smallest absolute Gasteiger partial charge is 0.332 e. The summed E-state index contributed by atoms with van der Waals surface area (Å²) in [7, 11) is 3.09. The van der Waals surface area contributed by atoms with E-state index in [9.17, 15) is 9.59 Å². The second-order valence-electron chi connectivity index (χ2n) is 4.59. The van der Waals surface area contributed by atoms with Crippen LogP contribution < -0.4 is 14.8 Å². The summed E-state index contributed by atoms with van der Waals surface area (Å²) >= 11 is 0. The molecule has 0 spiro atoms. The molecule has 1 atom stereocenters. The number of hydrogen-bond acceptors (Lipinski definition) is 5. The van der Waals surface area contributed by atoms with Crippen molar-refractivity contribution >= 4 is 18.0 Å². The second-order valence-corrected chi connectivity index (χ2v) is 4.59. The molecule has 0 fully saturated rings. The highest BCUT2D eigenvalue weighted by atomic mass is 16.5. The number of rotatable bonds is 9. The number of carboxylic acids is 1. The normalized spacial score (nSPS) is 12.0. The van der Waals surface area contributed by atoms with Gasteiger partial charge < -0.3 is 24.6 Å². The van der Waals surface area contributed by atoms with Gasteiger partial charge in [-0.05, 0) is 30.7 Å². The molecule has 1 aromatic carbocycles. The van der Waals surface area contributed by atoms with Gasteiger partial charge >= 0.3 is 5.97 Å². The molecule has 7 nitrogen and oxygen atoms in total. The van der Waals surface area contributed by atoms with E-state index in [0.29, 0.717) is 11.5 Å². The summed E-state index contributed by atoms with van der Waals surface area (Å²) in [4.78, 5) is 22.2. The van der Waals surface area contributed by atoms with Crippen molar-refractivity contribution in [1.29, 1.82) is 0 Å². The van der Waals surface area contributed by atoms with Gasteiger partial charge in [-0.15, -0.1) is 0 Å². The highest BCUT2D eigenvalue weighted by molar-refractivity contribution is 5.91. The lowest BCUT2D eigenvalue weighted by atomic mass is 10.2. The molecule has 0 aromatic heterocycles. The Bertz CT molecular complexity index is 570. The lowest BCUT2D eigenvalue weighted by molar-refractivity contribution is -0.148. The minimum atomic E-state index is -1.04. The van der Waals surface area contributed by atoms with Gasteiger partial charge in [0.05, 0.1) is 20.8 Å². The van der Waals surface area contributed by atoms with Crippen LogP contribution in [0.4, 0.5) is 0 Å². The van der Waals surface area contributed by atoms with Crippen LogP contribution in [0.1, 0.15) is 12.5 Å². The van der Waals surface area contributed by atoms with E-state index in [1.807, 2.05) is 0 Å². The minimum Gasteiger partial charge on any atom is -0.493 e. The maximum atomic E-state index is 11.6. The zero-order chi connectivity index (χ0) is 17.2. The highest BCUT2D eigenvalue weighted by Gasteiger charge is 2.10. The molecular weight excluding hydrogens is 302 g/mol. The van der Waals surface area contributed by atoms with Crippen molar-refractivity contribution in [2.45, 2.75) is 13.0 Å². The first-order chi connectivity index (χ1) is 11.0. The molecule has 1 rings (SSSR count). The summed E-state index contributed by atoms with van der Waals surface area (Å²) in [6.07, 6.45) is 2.12. The summed E-state index contributed by atoms with van der Waals surface area (Å²) in [6.45, 7) is 1.79. The maximum Gasteiger partial charge on any atom is 0.332 e. The van der Waals surface area contributed by atoms with Crippen molar-refractivity contribution in [3.63, 3.8) is 0 Å². The highest BCUT2D eigenvalue weighted by Crippen LogP contribution is 2.27. The zero-order valence-corrected chi connectivity index (χ0v) is 13.4. The zero-order valence-electron chi connectivity index (χ0n) is 13.4. The average molecular weight is 323 g/mol. The van der Waals surface area contributed by atoms with Crippen LogP contribution in [0, 0.1) is 0 Å². The molecule has 1 amide bonds. The number of nitrogens with one attached hydrogen (secondary N) is 1. The quantitative estimate of drug-likeness (QED) is 0.526. The summed E-state index contributed by atoms with van der Waals surface area (Å²) in [6, 6.07) is 5.29. The van der Waals surface area contributed by atoms with Crippen LogP contribution in [0.25, 0.3) is 6.08 Å². The van der Waals surface area contributed by atoms with Gasteiger partial charge in [-0.25, -0.2) is 4.79 Å². The number of amides is 1. The van der Waals surface area contributed by atoms with Crippen LogP contribution in [-0.4, -0.2) is 50.5 Å². The summed E-state index contributed by atoms with van der Waals surface area (Å²) in [5.41, 5.74) is 0.786. The summed E-state index contributed by atoms with van der Waals surface area (Å²) < 4.78 is 15.3. The van der Waals surface area contributed by atoms with E-state index in [-0.39, 0.29) is 19.1 Å². The van der Waals surface area contributed by atoms with Crippen molar-refractivity contribution in [3.8, 4) is 11.5 Å². The Morgan fingerprint density at radius 1 is 1.26 bits per heavy atom. The lowest BCUT2D eigenvalue weighted by Crippen LogP contribution is -2.29. The van der Waals surface area contributed by atoms with Gasteiger partial charge in [0.1, 0.15) is 0 Å². The van der Waals surface area contributed by atoms with Crippen molar-refractivity contribution < 1.29 is 28.9 Å². The van der Waals surface area contributed by atoms with Crippen LogP contribution >= 0.6 is 0 Å². The third-order valence-corrected chi connectivity index (χ3v) is 2.95. The maximum absolute atomic E-state index is 11.6. The number of hydrogen-bond donors (Lipinski definition) is 2. The molecule has 0 saturated carbocycles. The molecule has 126 valence electrons. The van der Waals surface area contributed by atoms with Crippen molar-refractivity contribution in [1.82, 2.24) is 5.32 Å². The Kier molecular flexibility index (Phi) is 7.62. The van der Waals surface area contributed by atoms with Gasteiger partial charge in [-0.3, -0.25) is 4.79 Å². The Hall–Kier alpha value is -2.54. The number of ether oxygens (including phenoxy) is 3. The number of carbonyl (C=O) groups excluding carboxylic acids is 1. The fourth-order valence-corrected chi connectivity index (χ4v) is 1.67. The van der Waals surface area contributed by atoms with Crippen molar-refractivity contribution in [2.24, 2.45) is 0 Å². The van der Waals surface area contributed by atoms with Gasteiger partial charge in [-0.1, -0.05) is 6.07 Å². The standard InChI is InChI=1S/C16H21NO6/c1-11(16(19)20)23-9-8-17-15(18)7-5-12-4-6-13(21-2)14(10-12)22-3/h4-7,10-11H,8-9H2,1-3H3,(H,17,18)(H,19,20)/b7-5+. The lowest BCUT2D eigenvalue weighted by Gasteiger charge is -2.08. The minimum absolute atomic E-state index is 0.128. The van der Waals surface area contributed by atoms with Gasteiger partial charge in [-0.2, -0.15) is 0 Å². The third-order valence-electron chi connectivity index (χ3n) is 2.95. The molecule has 0 aliphatic rings. The fraction of sp³-hybridized carbons (Fsp3) is 0.375. The van der Waals surface area contributed by atoms with E-state index in [2.05, 4.69) is 5.32 Å². The predicted molar refractivity (Wildman–Crippen MR) is 84.6 cm³/mol. The summed E-state index contributed by atoms with van der Waals surface area (Å²) in [5.74, 6) is -0.152. The Balaban J connectivity index is 2.45. The monoisotopic (exact) mass is 323 g/mol. The molecule has 2 N–H and O–H groups in total. The second kappa shape index (κ2) is 9.47. The number of benzene rings is 1. The molecule has 0 radical (unpaired) electrons. The van der Waals surface area contributed by atoms with E-state index in [1.165, 1.54) is 20.1 Å². The van der Waals surface area contributed by atoms with E-state index < -0.39 is 12.1 Å². The van der Waals surface area contributed by atoms with Gasteiger partial charge in [0, 0.05) is 12.6 Å². The van der Waals surface area contributed by atoms with E-state index in [0.717, 1.165) is 5.56 Å². The van der Waals surface area contributed by atoms with E-state index in [4.69, 9.17) is 19.3 Å². The summed E-state index contributed by atoms with van der Waals surface area (Å²) in [5, 5.41) is 11.2. The van der Waals surface area contributed by atoms with Crippen LogP contribution in [0.15, 0.2) is 24.3 Å². The number of carboxylic acid groups (broad SMARTS) is 1. The van der Waals surface area contributed by atoms with Crippen LogP contribution in [0.3, 0.4) is 0 Å². The predicted octanol–water partition coefficient (Wildman–Crippen LogP) is 1.32. The van der Waals surface area contributed by atoms with Crippen LogP contribution in [0.5, 0.6) is 11.5 Å². The first kappa shape index (κ1) is 18.5. The average Bonchev–Trinajstić information content (AvgIpc) is 2.56. The molecule has 0 bridgehead atoms. The number of methoxy groups -OCH3 is 2. The topological polar surface area (TPSA) is 94.1 Å². The number of aliphatic carboxylic acids is 1.